The second-order valence-electron chi connectivity index (χ2n) is 8.78. The Balaban J connectivity index is 1.93. The summed E-state index contributed by atoms with van der Waals surface area (Å²) >= 11 is 5.79. The number of rotatable bonds is 5. The van der Waals surface area contributed by atoms with E-state index in [1.165, 1.54) is 24.2 Å². The van der Waals surface area contributed by atoms with Crippen LogP contribution in [0.3, 0.4) is 0 Å². The van der Waals surface area contributed by atoms with E-state index in [1.54, 1.807) is 0 Å². The molecular weight excluding hydrogens is 458 g/mol. The van der Waals surface area contributed by atoms with E-state index in [0.29, 0.717) is 11.5 Å². The van der Waals surface area contributed by atoms with E-state index in [0.717, 1.165) is 22.9 Å². The van der Waals surface area contributed by atoms with Gasteiger partial charge < -0.3 is 10.8 Å². The molecule has 0 saturated carbocycles. The van der Waals surface area contributed by atoms with Crippen molar-refractivity contribution in [1.29, 1.82) is 0 Å². The zero-order valence-electron chi connectivity index (χ0n) is 19.1. The topological polar surface area (TPSA) is 87.8 Å². The molecule has 1 fully saturated rings. The maximum Gasteiger partial charge on any atom is 0.322 e. The third kappa shape index (κ3) is 5.75. The number of hydrogen-bond acceptors (Lipinski definition) is 5. The Hall–Kier alpha value is -1.81. The van der Waals surface area contributed by atoms with Gasteiger partial charge in [0.25, 0.3) is 0 Å². The van der Waals surface area contributed by atoms with Gasteiger partial charge in [0.15, 0.2) is 5.75 Å². The predicted molar refractivity (Wildman–Crippen MR) is 142 cm³/mol. The quantitative estimate of drug-likeness (QED) is 0.191. The van der Waals surface area contributed by atoms with Gasteiger partial charge in [0.05, 0.1) is 0 Å². The zero-order chi connectivity index (χ0) is 23.3. The maximum atomic E-state index is 10.9. The molecule has 32 heavy (non-hydrogen) atoms. The lowest BCUT2D eigenvalue weighted by Gasteiger charge is -2.26. The standard InChI is InChI=1S/C23H33N5OS3/c1-5-32(28-13-9-10-14-28)22-18(29)17(15-31-22)25-20(24)21(27-30)26-19(23(2,3)4)16-11-7-6-8-12-16/h5-8,11-12,15,19,29-30H,9-10,13-14H2,1-4H3,(H2,24,25)(H,26,27)/p+1/t19-,32?/m0/s1. The van der Waals surface area contributed by atoms with Crippen LogP contribution in [0, 0.1) is 5.41 Å². The van der Waals surface area contributed by atoms with Gasteiger partial charge >= 0.3 is 5.84 Å². The number of hydrogen-bond donors (Lipinski definition) is 5. The number of thiophene rings is 1. The highest BCUT2D eigenvalue weighted by Gasteiger charge is 2.30. The highest BCUT2D eigenvalue weighted by Crippen LogP contribution is 2.48. The summed E-state index contributed by atoms with van der Waals surface area (Å²) in [6.07, 6.45) is 2.41. The van der Waals surface area contributed by atoms with Gasteiger partial charge in [0.1, 0.15) is 15.9 Å². The molecule has 1 saturated heterocycles. The third-order valence-corrected chi connectivity index (χ3v) is 9.08. The third-order valence-electron chi connectivity index (χ3n) is 5.37. The molecule has 2 atom stereocenters. The smallest absolute Gasteiger partial charge is 0.322 e. The molecule has 6 nitrogen and oxygen atoms in total. The van der Waals surface area contributed by atoms with Crippen molar-refractivity contribution in [2.45, 2.75) is 50.8 Å². The number of nitrogens with one attached hydrogen (secondary N) is 2. The van der Waals surface area contributed by atoms with Crippen molar-refractivity contribution in [2.75, 3.05) is 13.1 Å². The molecule has 0 bridgehead atoms. The van der Waals surface area contributed by atoms with Crippen LogP contribution in [0.4, 0.5) is 5.69 Å². The first-order valence-corrected chi connectivity index (χ1v) is 13.3. The van der Waals surface area contributed by atoms with Gasteiger partial charge in [-0.25, -0.2) is 9.71 Å². The summed E-state index contributed by atoms with van der Waals surface area (Å²) in [5.74, 6) is 0.955. The normalized spacial score (nSPS) is 18.2. The van der Waals surface area contributed by atoms with Crippen molar-refractivity contribution in [1.82, 2.24) is 9.03 Å². The minimum Gasteiger partial charge on any atom is -0.504 e. The van der Waals surface area contributed by atoms with Crippen molar-refractivity contribution in [3.63, 3.8) is 0 Å². The predicted octanol–water partition coefficient (Wildman–Crippen LogP) is 3.60. The first-order chi connectivity index (χ1) is 15.3. The highest BCUT2D eigenvalue weighted by atomic mass is 32.2. The average molecular weight is 493 g/mol. The number of aliphatic imine (C=N–C) groups is 1. The van der Waals surface area contributed by atoms with Gasteiger partial charge in [-0.2, -0.15) is 0 Å². The largest absolute Gasteiger partial charge is 0.504 e. The lowest BCUT2D eigenvalue weighted by atomic mass is 9.83. The van der Waals surface area contributed by atoms with E-state index in [9.17, 15) is 5.11 Å². The van der Waals surface area contributed by atoms with Crippen molar-refractivity contribution in [3.8, 4) is 5.75 Å². The second kappa shape index (κ2) is 10.9. The molecule has 0 amide bonds. The fourth-order valence-electron chi connectivity index (χ4n) is 3.75. The number of thiol groups is 1. The van der Waals surface area contributed by atoms with Gasteiger partial charge in [-0.15, -0.1) is 11.3 Å². The summed E-state index contributed by atoms with van der Waals surface area (Å²) in [7, 11) is -0.220. The molecule has 0 spiro atoms. The van der Waals surface area contributed by atoms with Gasteiger partial charge in [-0.3, -0.25) is 9.30 Å². The zero-order valence-corrected chi connectivity index (χ0v) is 21.7. The molecule has 9 heteroatoms. The molecule has 1 unspecified atom stereocenters. The van der Waals surface area contributed by atoms with Gasteiger partial charge in [0, 0.05) is 36.7 Å². The van der Waals surface area contributed by atoms with Crippen LogP contribution in [-0.2, 0) is 0 Å². The van der Waals surface area contributed by atoms with E-state index in [4.69, 9.17) is 5.73 Å². The van der Waals surface area contributed by atoms with Crippen LogP contribution < -0.4 is 15.4 Å². The molecule has 1 aromatic carbocycles. The number of nitrogens with zero attached hydrogens (tertiary/aromatic N) is 2. The fraction of sp³-hybridized carbons (Fsp3) is 0.435. The van der Waals surface area contributed by atoms with E-state index in [-0.39, 0.29) is 33.7 Å². The Morgan fingerprint density at radius 3 is 2.53 bits per heavy atom. The lowest BCUT2D eigenvalue weighted by Crippen LogP contribution is -2.81. The second-order valence-corrected chi connectivity index (χ2v) is 12.2. The van der Waals surface area contributed by atoms with E-state index in [2.05, 4.69) is 77.0 Å². The fourth-order valence-corrected chi connectivity index (χ4v) is 7.37. The van der Waals surface area contributed by atoms with Crippen molar-refractivity contribution in [3.05, 3.63) is 41.3 Å². The Kier molecular flexibility index (Phi) is 8.43. The van der Waals surface area contributed by atoms with E-state index >= 15 is 0 Å². The minimum absolute atomic E-state index is 0.0190. The van der Waals surface area contributed by atoms with Crippen molar-refractivity contribution >= 4 is 57.5 Å². The van der Waals surface area contributed by atoms with Crippen LogP contribution in [0.5, 0.6) is 5.75 Å². The molecule has 0 radical (unpaired) electrons. The summed E-state index contributed by atoms with van der Waals surface area (Å²) in [6, 6.07) is 10.2. The van der Waals surface area contributed by atoms with Crippen LogP contribution in [0.15, 0.2) is 44.9 Å². The van der Waals surface area contributed by atoms with Crippen LogP contribution in [0.2, 0.25) is 0 Å². The molecule has 174 valence electrons. The van der Waals surface area contributed by atoms with Gasteiger partial charge in [0.2, 0.25) is 5.84 Å². The number of amidine groups is 2. The molecule has 1 aliphatic rings. The van der Waals surface area contributed by atoms with Crippen LogP contribution >= 0.6 is 34.8 Å². The molecule has 2 heterocycles. The highest BCUT2D eigenvalue weighted by molar-refractivity contribution is 8.14. The molecule has 1 aliphatic heterocycles. The first kappa shape index (κ1) is 24.8. The van der Waals surface area contributed by atoms with Crippen molar-refractivity contribution < 1.29 is 10.1 Å². The Bertz CT molecular complexity index is 1000. The summed E-state index contributed by atoms with van der Waals surface area (Å²) in [4.78, 5) is 8.01. The molecule has 1 aromatic heterocycles. The van der Waals surface area contributed by atoms with Gasteiger partial charge in [-0.1, -0.05) is 61.8 Å². The van der Waals surface area contributed by atoms with Crippen molar-refractivity contribution in [2.24, 2.45) is 16.1 Å². The SMILES string of the molecule is C/C=S(\c1scc(N=C(N)C(NS)=[NH+][C@@H](c2ccccc2)C(C)(C)C)c1O)N1CCCC1. The Labute approximate surface area is 203 Å². The molecule has 3 rings (SSSR count). The summed E-state index contributed by atoms with van der Waals surface area (Å²) in [5, 5.41) is 15.0. The number of benzene rings is 1. The molecule has 2 aromatic rings. The lowest BCUT2D eigenvalue weighted by molar-refractivity contribution is -0.529. The number of aromatic hydroxyl groups is 1. The Morgan fingerprint density at radius 1 is 1.31 bits per heavy atom. The molecular formula is C23H34N5OS3+. The molecule has 5 N–H and O–H groups in total. The maximum absolute atomic E-state index is 10.9. The van der Waals surface area contributed by atoms with Crippen LogP contribution in [0.1, 0.15) is 52.1 Å². The summed E-state index contributed by atoms with van der Waals surface area (Å²) in [5.41, 5.74) is 7.89. The van der Waals surface area contributed by atoms with E-state index < -0.39 is 0 Å². The van der Waals surface area contributed by atoms with E-state index in [1.807, 2.05) is 23.6 Å². The van der Waals surface area contributed by atoms with Crippen LogP contribution in [-0.4, -0.2) is 39.5 Å². The summed E-state index contributed by atoms with van der Waals surface area (Å²) in [6.45, 7) is 10.7. The average Bonchev–Trinajstić information content (AvgIpc) is 3.41. The first-order valence-electron chi connectivity index (χ1n) is 10.8. The summed E-state index contributed by atoms with van der Waals surface area (Å²) < 4.78 is 6.21. The van der Waals surface area contributed by atoms with Gasteiger partial charge in [-0.05, 0) is 30.7 Å². The monoisotopic (exact) mass is 492 g/mol. The van der Waals surface area contributed by atoms with Crippen LogP contribution in [0.25, 0.3) is 0 Å². The Morgan fingerprint density at radius 2 is 1.97 bits per heavy atom. The number of nitrogens with two attached hydrogens (primary N) is 1. The minimum atomic E-state index is -0.220. The molecule has 0 aliphatic carbocycles.